The van der Waals surface area contributed by atoms with E-state index in [-0.39, 0.29) is 58.9 Å². The van der Waals surface area contributed by atoms with Gasteiger partial charge in [0, 0.05) is 58.7 Å². The molecule has 2 aromatic heterocycles. The number of aliphatic hydroxyl groups excluding tert-OH is 1. The number of ketones is 2. The number of benzene rings is 1. The average Bonchev–Trinajstić information content (AvgIpc) is 3.62. The monoisotopic (exact) mass is 962 g/mol. The summed E-state index contributed by atoms with van der Waals surface area (Å²) in [4.78, 5) is 49.9. The van der Waals surface area contributed by atoms with Crippen LogP contribution < -0.4 is 10.6 Å². The number of fused-ring (bicyclic) bond motifs is 4. The topological polar surface area (TPSA) is 191 Å². The first-order valence-electron chi connectivity index (χ1n) is 21.4. The number of rotatable bonds is 12. The summed E-state index contributed by atoms with van der Waals surface area (Å²) in [5, 5.41) is 29.7. The third-order valence-corrected chi connectivity index (χ3v) is 15.1. The summed E-state index contributed by atoms with van der Waals surface area (Å²) < 4.78 is 30.9. The van der Waals surface area contributed by atoms with Crippen molar-refractivity contribution in [2.24, 2.45) is 5.92 Å². The number of aromatic amines is 1. The predicted molar refractivity (Wildman–Crippen MR) is 258 cm³/mol. The van der Waals surface area contributed by atoms with Gasteiger partial charge in [0.2, 0.25) is 5.78 Å². The third kappa shape index (κ3) is 10.7. The Morgan fingerprint density at radius 3 is 2.62 bits per heavy atom. The van der Waals surface area contributed by atoms with Crippen LogP contribution in [0.5, 0.6) is 5.75 Å². The molecule has 2 aliphatic carbocycles. The normalized spacial score (nSPS) is 30.6. The molecule has 4 aliphatic rings. The van der Waals surface area contributed by atoms with Crippen molar-refractivity contribution >= 4 is 80.8 Å². The number of pyridine rings is 1. The molecule has 65 heavy (non-hydrogen) atoms. The number of carbonyl (C=O) groups excluding carboxylic acids is 3. The molecule has 0 saturated carbocycles. The number of methoxy groups -OCH3 is 1. The SMILES string of the molecule is COC(=O)NC1=C2C#C/C=C\C#C[C@H](OC3OC(C)C(SC)(C(=O)c4nccc5c4[nH]c4ccc(O)cc45)CC3OC3CCC(NC(C)C)C(C)O3)C2/C(=C\CS(C)(=S)=S)[C@@H](O)CC1=O. The summed E-state index contributed by atoms with van der Waals surface area (Å²) in [6, 6.07) is 7.10. The fraction of sp³-hybridized carbons (Fsp3) is 0.489. The average molecular weight is 963 g/mol. The number of nitrogens with zero attached hydrogens (tertiary/aromatic N) is 1. The molecule has 7 rings (SSSR count). The van der Waals surface area contributed by atoms with Gasteiger partial charge in [0.25, 0.3) is 0 Å². The maximum atomic E-state index is 15.3. The molecule has 3 aromatic rings. The number of hydrogen-bond acceptors (Lipinski definition) is 15. The number of phenols is 1. The van der Waals surface area contributed by atoms with E-state index in [0.717, 1.165) is 22.7 Å². The van der Waals surface area contributed by atoms with E-state index in [1.54, 1.807) is 49.7 Å². The molecular formula is C47H54N4O10S4. The van der Waals surface area contributed by atoms with Crippen LogP contribution in [0.2, 0.25) is 0 Å². The molecule has 14 nitrogen and oxygen atoms in total. The van der Waals surface area contributed by atoms with Crippen LogP contribution in [0.25, 0.3) is 21.8 Å². The zero-order chi connectivity index (χ0) is 46.8. The van der Waals surface area contributed by atoms with Gasteiger partial charge in [-0.3, -0.25) is 19.9 Å². The van der Waals surface area contributed by atoms with E-state index in [1.165, 1.54) is 31.0 Å². The number of carbonyl (C=O) groups is 3. The molecule has 2 fully saturated rings. The lowest BCUT2D eigenvalue weighted by atomic mass is 9.83. The van der Waals surface area contributed by atoms with Gasteiger partial charge in [-0.1, -0.05) is 50.8 Å². The van der Waals surface area contributed by atoms with Gasteiger partial charge in [-0.25, -0.2) is 4.79 Å². The van der Waals surface area contributed by atoms with E-state index in [9.17, 15) is 19.8 Å². The maximum absolute atomic E-state index is 15.3. The van der Waals surface area contributed by atoms with E-state index in [2.05, 4.69) is 58.1 Å². The Labute approximate surface area is 392 Å². The fourth-order valence-corrected chi connectivity index (χ4v) is 10.8. The van der Waals surface area contributed by atoms with Crippen LogP contribution in [0.3, 0.4) is 0 Å². The maximum Gasteiger partial charge on any atom is 0.411 e. The van der Waals surface area contributed by atoms with E-state index in [1.807, 2.05) is 13.2 Å². The van der Waals surface area contributed by atoms with Crippen LogP contribution in [0.4, 0.5) is 4.79 Å². The van der Waals surface area contributed by atoms with Crippen LogP contribution in [-0.4, -0.2) is 123 Å². The number of allylic oxidation sites excluding steroid dienone is 3. The number of Topliss-reactive ketones (excluding diaryl/α,β-unsaturated/α-hetero) is 2. The highest BCUT2D eigenvalue weighted by Crippen LogP contribution is 2.46. The second-order valence-corrected chi connectivity index (χ2v) is 25.3. The van der Waals surface area contributed by atoms with Crippen molar-refractivity contribution < 1.29 is 48.3 Å². The molecule has 8 unspecified atom stereocenters. The van der Waals surface area contributed by atoms with Gasteiger partial charge in [0.1, 0.15) is 28.4 Å². The first kappa shape index (κ1) is 48.7. The first-order chi connectivity index (χ1) is 30.9. The number of aliphatic hydroxyl groups is 1. The lowest BCUT2D eigenvalue weighted by molar-refractivity contribution is -0.306. The highest BCUT2D eigenvalue weighted by atomic mass is 33.1. The van der Waals surface area contributed by atoms with E-state index >= 15 is 4.79 Å². The molecule has 1 amide bonds. The molecule has 2 aliphatic heterocycles. The molecule has 5 N–H and O–H groups in total. The molecule has 0 bridgehead atoms. The molecule has 1 aromatic carbocycles. The van der Waals surface area contributed by atoms with Crippen molar-refractivity contribution in [1.29, 1.82) is 0 Å². The van der Waals surface area contributed by atoms with Crippen molar-refractivity contribution in [3.05, 3.63) is 71.2 Å². The standard InChI is InChI=1S/C47H54N4O10S4/c1-25(2)49-33-16-17-39(58-26(33)3)60-38-24-47(64-6,44(55)43-42-29(18-20-48-43)32-22-28(52)14-15-34(32)50-42)27(4)59-45(38)61-37-13-11-9-8-10-12-31-40(37)30(19-21-65(7,62)63)35(53)23-36(54)41(31)51-46(56)57-5/h8-9,14-15,18-20,22,25-27,33,35,37-40,45,49-50,52-53H,16-17,21,23-24H2,1-7H3,(H,51,56)/b9-8-,30-19-/t26?,27?,33?,35-,37-,38?,39?,40?,45?,47?/m0/s1. The first-order valence-corrected chi connectivity index (χ1v) is 26.6. The van der Waals surface area contributed by atoms with Gasteiger partial charge >= 0.3 is 6.09 Å². The largest absolute Gasteiger partial charge is 0.508 e. The van der Waals surface area contributed by atoms with Gasteiger partial charge in [0.05, 0.1) is 42.6 Å². The highest BCUT2D eigenvalue weighted by molar-refractivity contribution is 8.56. The van der Waals surface area contributed by atoms with E-state index in [4.69, 9.17) is 46.1 Å². The lowest BCUT2D eigenvalue weighted by Crippen LogP contribution is -2.60. The third-order valence-electron chi connectivity index (χ3n) is 12.1. The molecule has 346 valence electrons. The molecule has 18 heteroatoms. The number of aromatic hydroxyl groups is 1. The second-order valence-electron chi connectivity index (χ2n) is 16.9. The quantitative estimate of drug-likeness (QED) is 0.0896. The lowest BCUT2D eigenvalue weighted by Gasteiger charge is -2.48. The van der Waals surface area contributed by atoms with Gasteiger partial charge in [0.15, 0.2) is 18.4 Å². The molecule has 4 heterocycles. The van der Waals surface area contributed by atoms with Crippen molar-refractivity contribution in [2.75, 3.05) is 25.4 Å². The number of hydrogen-bond donors (Lipinski definition) is 5. The Kier molecular flexibility index (Phi) is 15.3. The number of ether oxygens (including phenoxy) is 5. The van der Waals surface area contributed by atoms with Crippen LogP contribution in [0.15, 0.2) is 65.5 Å². The van der Waals surface area contributed by atoms with Gasteiger partial charge < -0.3 is 44.2 Å². The van der Waals surface area contributed by atoms with Crippen LogP contribution in [-0.2, 0) is 58.0 Å². The van der Waals surface area contributed by atoms with Crippen molar-refractivity contribution in [3.63, 3.8) is 0 Å². The van der Waals surface area contributed by atoms with Crippen molar-refractivity contribution in [3.8, 4) is 29.4 Å². The molecular weight excluding hydrogens is 909 g/mol. The minimum absolute atomic E-state index is 0.0830. The number of H-pyrrole nitrogens is 1. The Balaban J connectivity index is 1.33. The van der Waals surface area contributed by atoms with Gasteiger partial charge in [-0.2, -0.15) is 0 Å². The molecule has 2 saturated heterocycles. The minimum Gasteiger partial charge on any atom is -0.508 e. The smallest absolute Gasteiger partial charge is 0.411 e. The van der Waals surface area contributed by atoms with E-state index in [0.29, 0.717) is 17.5 Å². The summed E-state index contributed by atoms with van der Waals surface area (Å²) in [7, 11) is -0.813. The summed E-state index contributed by atoms with van der Waals surface area (Å²) in [6.45, 7) is 7.96. The van der Waals surface area contributed by atoms with Crippen LogP contribution in [0, 0.1) is 29.6 Å². The van der Waals surface area contributed by atoms with E-state index < -0.39 is 73.1 Å². The summed E-state index contributed by atoms with van der Waals surface area (Å²) in [5.74, 6) is 10.5. The number of aromatic nitrogens is 2. The molecule has 0 radical (unpaired) electrons. The second kappa shape index (κ2) is 20.4. The Morgan fingerprint density at radius 2 is 1.91 bits per heavy atom. The number of amides is 1. The van der Waals surface area contributed by atoms with Gasteiger partial charge in [-0.05, 0) is 104 Å². The zero-order valence-corrected chi connectivity index (χ0v) is 40.4. The van der Waals surface area contributed by atoms with Crippen LogP contribution >= 0.6 is 11.8 Å². The Hall–Kier alpha value is -4.18. The van der Waals surface area contributed by atoms with Crippen molar-refractivity contribution in [2.45, 2.75) is 113 Å². The minimum atomic E-state index is -1.99. The summed E-state index contributed by atoms with van der Waals surface area (Å²) in [6.07, 6.45) is 3.59. The van der Waals surface area contributed by atoms with Gasteiger partial charge in [-0.15, -0.1) is 11.8 Å². The highest BCUT2D eigenvalue weighted by Gasteiger charge is 2.55. The number of alkyl carbamates (subject to hydrolysis) is 1. The Bertz CT molecular complexity index is 2690. The summed E-state index contributed by atoms with van der Waals surface area (Å²) >= 11 is 12.6. The molecule has 10 atom stereocenters. The van der Waals surface area contributed by atoms with Crippen molar-refractivity contribution in [1.82, 2.24) is 20.6 Å². The number of thioether (sulfide) groups is 1. The number of phenolic OH excluding ortho intramolecular Hbond substituents is 1. The van der Waals surface area contributed by atoms with Crippen LogP contribution in [0.1, 0.15) is 63.9 Å². The Morgan fingerprint density at radius 1 is 1.14 bits per heavy atom. The predicted octanol–water partition coefficient (Wildman–Crippen LogP) is 5.27. The molecule has 0 spiro atoms. The fourth-order valence-electron chi connectivity index (χ4n) is 8.91. The summed E-state index contributed by atoms with van der Waals surface area (Å²) in [5.41, 5.74) is 1.75. The number of nitrogens with one attached hydrogen (secondary N) is 3. The zero-order valence-electron chi connectivity index (χ0n) is 37.2.